The Bertz CT molecular complexity index is 1210. The van der Waals surface area contributed by atoms with Gasteiger partial charge in [0.25, 0.3) is 15.9 Å². The Balaban J connectivity index is 1.45. The van der Waals surface area contributed by atoms with Gasteiger partial charge in [0.05, 0.1) is 10.6 Å². The van der Waals surface area contributed by atoms with Gasteiger partial charge in [-0.2, -0.15) is 0 Å². The maximum Gasteiger partial charge on any atom is 0.265 e. The Hall–Kier alpha value is -3.32. The minimum Gasteiger partial charge on any atom is -0.481 e. The van der Waals surface area contributed by atoms with Crippen LogP contribution in [0.3, 0.4) is 0 Å². The number of nitrogens with one attached hydrogen (secondary N) is 1. The Kier molecular flexibility index (Phi) is 6.19. The number of amides is 1. The van der Waals surface area contributed by atoms with Crippen LogP contribution < -0.4 is 14.4 Å². The normalized spacial score (nSPS) is 14.0. The summed E-state index contributed by atoms with van der Waals surface area (Å²) in [4.78, 5) is 12.9. The van der Waals surface area contributed by atoms with Gasteiger partial charge < -0.3 is 10.1 Å². The summed E-state index contributed by atoms with van der Waals surface area (Å²) in [6.07, 6.45) is 0.547. The number of benzene rings is 3. The van der Waals surface area contributed by atoms with Crippen molar-refractivity contribution in [3.05, 3.63) is 83.9 Å². The Morgan fingerprint density at radius 2 is 1.72 bits per heavy atom. The number of anilines is 2. The number of rotatable bonds is 7. The molecule has 0 saturated carbocycles. The minimum atomic E-state index is -3.67. The highest BCUT2D eigenvalue weighted by molar-refractivity contribution is 7.92. The maximum absolute atomic E-state index is 13.1. The first-order valence-electron chi connectivity index (χ1n) is 10.6. The van der Waals surface area contributed by atoms with Crippen LogP contribution >= 0.6 is 0 Å². The number of aryl methyl sites for hydroxylation is 1. The van der Waals surface area contributed by atoms with E-state index in [1.807, 2.05) is 62.4 Å². The van der Waals surface area contributed by atoms with Crippen molar-refractivity contribution in [2.75, 3.05) is 16.2 Å². The molecule has 0 aromatic heterocycles. The molecule has 1 aliphatic heterocycles. The fourth-order valence-corrected chi connectivity index (χ4v) is 5.22. The standard InChI is InChI=1S/C25H26N2O4S/c1-3-24(31-21-12-8-18(2)9-13-21)25(28)26-20-10-14-22(15-11-20)32(29,30)27-17-16-19-6-4-5-7-23(19)27/h4-15,24H,3,16-17H2,1-2H3,(H,26,28). The highest BCUT2D eigenvalue weighted by atomic mass is 32.2. The molecule has 1 N–H and O–H groups in total. The molecule has 0 spiro atoms. The molecule has 1 unspecified atom stereocenters. The van der Waals surface area contributed by atoms with Gasteiger partial charge >= 0.3 is 0 Å². The van der Waals surface area contributed by atoms with Crippen LogP contribution in [0.2, 0.25) is 0 Å². The fraction of sp³-hybridized carbons (Fsp3) is 0.240. The van der Waals surface area contributed by atoms with E-state index in [2.05, 4.69) is 5.32 Å². The van der Waals surface area contributed by atoms with Crippen LogP contribution in [-0.4, -0.2) is 27.0 Å². The van der Waals surface area contributed by atoms with E-state index in [0.717, 1.165) is 16.8 Å². The maximum atomic E-state index is 13.1. The van der Waals surface area contributed by atoms with Crippen molar-refractivity contribution in [2.24, 2.45) is 0 Å². The van der Waals surface area contributed by atoms with Gasteiger partial charge in [-0.15, -0.1) is 0 Å². The molecule has 1 amide bonds. The van der Waals surface area contributed by atoms with Crippen LogP contribution in [0.25, 0.3) is 0 Å². The van der Waals surface area contributed by atoms with Gasteiger partial charge in [0, 0.05) is 12.2 Å². The van der Waals surface area contributed by atoms with Crippen LogP contribution in [0, 0.1) is 6.92 Å². The number of carbonyl (C=O) groups excluding carboxylic acids is 1. The smallest absolute Gasteiger partial charge is 0.265 e. The summed E-state index contributed by atoms with van der Waals surface area (Å²) in [5, 5.41) is 2.82. The molecule has 0 saturated heterocycles. The third-order valence-corrected chi connectivity index (χ3v) is 7.34. The highest BCUT2D eigenvalue weighted by Gasteiger charge is 2.30. The molecule has 0 aliphatic carbocycles. The van der Waals surface area contributed by atoms with Gasteiger partial charge in [-0.1, -0.05) is 42.8 Å². The van der Waals surface area contributed by atoms with Gasteiger partial charge in [-0.05, 0) is 67.8 Å². The first-order valence-corrected chi connectivity index (χ1v) is 12.1. The zero-order valence-electron chi connectivity index (χ0n) is 18.1. The molecule has 1 atom stereocenters. The van der Waals surface area contributed by atoms with E-state index >= 15 is 0 Å². The van der Waals surface area contributed by atoms with E-state index in [4.69, 9.17) is 4.74 Å². The van der Waals surface area contributed by atoms with Crippen molar-refractivity contribution in [3.63, 3.8) is 0 Å². The van der Waals surface area contributed by atoms with Crippen molar-refractivity contribution in [3.8, 4) is 5.75 Å². The molecule has 3 aromatic rings. The van der Waals surface area contributed by atoms with Crippen LogP contribution in [0.15, 0.2) is 77.7 Å². The zero-order valence-corrected chi connectivity index (χ0v) is 18.9. The SMILES string of the molecule is CCC(Oc1ccc(C)cc1)C(=O)Nc1ccc(S(=O)(=O)N2CCc3ccccc32)cc1. The van der Waals surface area contributed by atoms with Gasteiger partial charge in [0.15, 0.2) is 6.10 Å². The number of sulfonamides is 1. The number of hydrogen-bond acceptors (Lipinski definition) is 4. The summed E-state index contributed by atoms with van der Waals surface area (Å²) in [5.41, 5.74) is 3.38. The summed E-state index contributed by atoms with van der Waals surface area (Å²) in [5.74, 6) is 0.349. The van der Waals surface area contributed by atoms with E-state index < -0.39 is 16.1 Å². The van der Waals surface area contributed by atoms with Crippen molar-refractivity contribution in [1.82, 2.24) is 0 Å². The lowest BCUT2D eigenvalue weighted by Gasteiger charge is -2.20. The molecule has 0 bridgehead atoms. The number of fused-ring (bicyclic) bond motifs is 1. The Morgan fingerprint density at radius 3 is 2.41 bits per heavy atom. The van der Waals surface area contributed by atoms with Gasteiger partial charge in [-0.3, -0.25) is 9.10 Å². The molecule has 0 fully saturated rings. The second-order valence-corrected chi connectivity index (χ2v) is 9.66. The van der Waals surface area contributed by atoms with E-state index in [1.54, 1.807) is 12.1 Å². The topological polar surface area (TPSA) is 75.7 Å². The van der Waals surface area contributed by atoms with E-state index in [-0.39, 0.29) is 10.8 Å². The number of para-hydroxylation sites is 1. The van der Waals surface area contributed by atoms with Gasteiger partial charge in [0.2, 0.25) is 0 Å². The lowest BCUT2D eigenvalue weighted by Crippen LogP contribution is -2.32. The molecule has 6 nitrogen and oxygen atoms in total. The molecule has 0 radical (unpaired) electrons. The minimum absolute atomic E-state index is 0.190. The fourth-order valence-electron chi connectivity index (χ4n) is 3.72. The third-order valence-electron chi connectivity index (χ3n) is 5.52. The van der Waals surface area contributed by atoms with Crippen LogP contribution in [-0.2, 0) is 21.2 Å². The van der Waals surface area contributed by atoms with Crippen molar-refractivity contribution in [2.45, 2.75) is 37.7 Å². The first kappa shape index (κ1) is 21.9. The predicted octanol–water partition coefficient (Wildman–Crippen LogP) is 4.54. The van der Waals surface area contributed by atoms with Crippen LogP contribution in [0.4, 0.5) is 11.4 Å². The van der Waals surface area contributed by atoms with Crippen molar-refractivity contribution < 1.29 is 17.9 Å². The molecule has 7 heteroatoms. The molecular weight excluding hydrogens is 424 g/mol. The number of ether oxygens (including phenoxy) is 1. The summed E-state index contributed by atoms with van der Waals surface area (Å²) < 4.78 is 33.5. The number of nitrogens with zero attached hydrogens (tertiary/aromatic N) is 1. The Morgan fingerprint density at radius 1 is 1.03 bits per heavy atom. The molecule has 32 heavy (non-hydrogen) atoms. The van der Waals surface area contributed by atoms with Gasteiger partial charge in [-0.25, -0.2) is 8.42 Å². The summed E-state index contributed by atoms with van der Waals surface area (Å²) in [6, 6.07) is 21.3. The summed E-state index contributed by atoms with van der Waals surface area (Å²) >= 11 is 0. The quantitative estimate of drug-likeness (QED) is 0.573. The van der Waals surface area contributed by atoms with Crippen molar-refractivity contribution >= 4 is 27.3 Å². The molecule has 166 valence electrons. The van der Waals surface area contributed by atoms with Crippen LogP contribution in [0.5, 0.6) is 5.75 Å². The number of carbonyl (C=O) groups is 1. The zero-order chi connectivity index (χ0) is 22.7. The lowest BCUT2D eigenvalue weighted by atomic mass is 10.2. The van der Waals surface area contributed by atoms with E-state index in [0.29, 0.717) is 30.8 Å². The van der Waals surface area contributed by atoms with E-state index in [9.17, 15) is 13.2 Å². The average Bonchev–Trinajstić information content (AvgIpc) is 3.24. The van der Waals surface area contributed by atoms with Crippen molar-refractivity contribution in [1.29, 1.82) is 0 Å². The van der Waals surface area contributed by atoms with Gasteiger partial charge in [0.1, 0.15) is 5.75 Å². The van der Waals surface area contributed by atoms with E-state index in [1.165, 1.54) is 16.4 Å². The molecule has 1 heterocycles. The molecule has 4 rings (SSSR count). The molecule has 3 aromatic carbocycles. The summed E-state index contributed by atoms with van der Waals surface area (Å²) in [7, 11) is -3.67. The Labute approximate surface area is 188 Å². The monoisotopic (exact) mass is 450 g/mol. The second-order valence-electron chi connectivity index (χ2n) is 7.80. The summed E-state index contributed by atoms with van der Waals surface area (Å²) in [6.45, 7) is 4.29. The highest BCUT2D eigenvalue weighted by Crippen LogP contribution is 2.32. The predicted molar refractivity (Wildman–Crippen MR) is 126 cm³/mol. The van der Waals surface area contributed by atoms with Crippen LogP contribution in [0.1, 0.15) is 24.5 Å². The third kappa shape index (κ3) is 4.48. The largest absolute Gasteiger partial charge is 0.481 e. The average molecular weight is 451 g/mol. The second kappa shape index (κ2) is 9.04. The molecule has 1 aliphatic rings. The lowest BCUT2D eigenvalue weighted by molar-refractivity contribution is -0.122. The number of hydrogen-bond donors (Lipinski definition) is 1. The molecular formula is C25H26N2O4S. The first-order chi connectivity index (χ1) is 15.4.